The van der Waals surface area contributed by atoms with Crippen molar-refractivity contribution in [3.8, 4) is 39.1 Å². The SMILES string of the molecule is C1=CC2C(C=C1c1cccc(-c3cccnc3)c1)c1ncccc1N2c1cccc(-n2c3ccc(-c4cccc(-c5cccnc5)c4)cc3c3ncccc32)c1. The van der Waals surface area contributed by atoms with E-state index in [4.69, 9.17) is 9.97 Å². The Morgan fingerprint density at radius 3 is 1.91 bits per heavy atom. The maximum Gasteiger partial charge on any atom is 0.0963 e. The highest BCUT2D eigenvalue weighted by Gasteiger charge is 2.39. The van der Waals surface area contributed by atoms with E-state index in [1.54, 1.807) is 0 Å². The average molecular weight is 719 g/mol. The van der Waals surface area contributed by atoms with Crippen molar-refractivity contribution in [2.45, 2.75) is 12.0 Å². The molecule has 2 unspecified atom stereocenters. The third-order valence-electron chi connectivity index (χ3n) is 11.2. The summed E-state index contributed by atoms with van der Waals surface area (Å²) in [5.74, 6) is 0.101. The molecule has 0 saturated heterocycles. The average Bonchev–Trinajstić information content (AvgIpc) is 3.79. The number of anilines is 2. The zero-order valence-electron chi connectivity index (χ0n) is 30.3. The lowest BCUT2D eigenvalue weighted by molar-refractivity contribution is 0.734. The first-order chi connectivity index (χ1) is 27.8. The van der Waals surface area contributed by atoms with Gasteiger partial charge < -0.3 is 9.47 Å². The summed E-state index contributed by atoms with van der Waals surface area (Å²) >= 11 is 0. The molecule has 11 rings (SSSR count). The first kappa shape index (κ1) is 32.0. The largest absolute Gasteiger partial charge is 0.332 e. The number of allylic oxidation sites excluding steroid dienone is 2. The van der Waals surface area contributed by atoms with Crippen LogP contribution in [0, 0.1) is 0 Å². The van der Waals surface area contributed by atoms with E-state index in [0.29, 0.717) is 0 Å². The molecule has 6 nitrogen and oxygen atoms in total. The maximum absolute atomic E-state index is 4.98. The van der Waals surface area contributed by atoms with Gasteiger partial charge in [0.25, 0.3) is 0 Å². The minimum Gasteiger partial charge on any atom is -0.332 e. The normalized spacial score (nSPS) is 15.9. The Hall–Kier alpha value is -7.44. The van der Waals surface area contributed by atoms with Gasteiger partial charge in [-0.1, -0.05) is 78.9 Å². The van der Waals surface area contributed by atoms with Gasteiger partial charge in [0, 0.05) is 71.0 Å². The van der Waals surface area contributed by atoms with Gasteiger partial charge in [-0.3, -0.25) is 19.9 Å². The van der Waals surface area contributed by atoms with Gasteiger partial charge in [0.2, 0.25) is 0 Å². The van der Waals surface area contributed by atoms with Crippen molar-refractivity contribution >= 4 is 38.9 Å². The Labute approximate surface area is 324 Å². The first-order valence-corrected chi connectivity index (χ1v) is 18.9. The molecule has 2 atom stereocenters. The summed E-state index contributed by atoms with van der Waals surface area (Å²) in [7, 11) is 0. The van der Waals surface area contributed by atoms with E-state index < -0.39 is 0 Å². The van der Waals surface area contributed by atoms with Crippen LogP contribution in [0.2, 0.25) is 0 Å². The molecule has 1 aliphatic heterocycles. The zero-order chi connectivity index (χ0) is 37.0. The van der Waals surface area contributed by atoms with Crippen LogP contribution >= 0.6 is 0 Å². The Balaban J connectivity index is 0.975. The van der Waals surface area contributed by atoms with Crippen molar-refractivity contribution in [1.29, 1.82) is 0 Å². The van der Waals surface area contributed by atoms with Crippen molar-refractivity contribution in [3.63, 3.8) is 0 Å². The number of nitrogens with zero attached hydrogens (tertiary/aromatic N) is 6. The van der Waals surface area contributed by atoms with Crippen LogP contribution in [0.25, 0.3) is 66.6 Å². The molecule has 0 bridgehead atoms. The predicted molar refractivity (Wildman–Crippen MR) is 227 cm³/mol. The van der Waals surface area contributed by atoms with Gasteiger partial charge in [-0.25, -0.2) is 0 Å². The highest BCUT2D eigenvalue weighted by Crippen LogP contribution is 2.49. The van der Waals surface area contributed by atoms with Gasteiger partial charge in [0.15, 0.2) is 0 Å². The minimum absolute atomic E-state index is 0.0882. The lowest BCUT2D eigenvalue weighted by atomic mass is 9.87. The van der Waals surface area contributed by atoms with Gasteiger partial charge in [-0.15, -0.1) is 0 Å². The van der Waals surface area contributed by atoms with Crippen molar-refractivity contribution < 1.29 is 0 Å². The molecule has 56 heavy (non-hydrogen) atoms. The summed E-state index contributed by atoms with van der Waals surface area (Å²) in [4.78, 5) is 21.0. The number of benzene rings is 4. The summed E-state index contributed by atoms with van der Waals surface area (Å²) in [6.45, 7) is 0. The van der Waals surface area contributed by atoms with E-state index in [2.05, 4.69) is 153 Å². The molecule has 2 aliphatic rings. The Morgan fingerprint density at radius 2 is 1.12 bits per heavy atom. The Bertz CT molecular complexity index is 3000. The molecule has 9 aromatic rings. The number of hydrogen-bond acceptors (Lipinski definition) is 5. The number of pyridine rings is 4. The smallest absolute Gasteiger partial charge is 0.0963 e. The molecule has 6 heteroatoms. The highest BCUT2D eigenvalue weighted by atomic mass is 15.2. The van der Waals surface area contributed by atoms with Gasteiger partial charge in [0.1, 0.15) is 0 Å². The minimum atomic E-state index is 0.0882. The van der Waals surface area contributed by atoms with Crippen LogP contribution in [-0.2, 0) is 0 Å². The molecule has 5 aromatic heterocycles. The molecule has 264 valence electrons. The van der Waals surface area contributed by atoms with Crippen LogP contribution in [0.15, 0.2) is 195 Å². The third kappa shape index (κ3) is 5.34. The van der Waals surface area contributed by atoms with Crippen LogP contribution in [0.1, 0.15) is 17.2 Å². The number of hydrogen-bond donors (Lipinski definition) is 0. The van der Waals surface area contributed by atoms with E-state index in [1.807, 2.05) is 61.4 Å². The molecule has 0 fully saturated rings. The maximum atomic E-state index is 4.98. The highest BCUT2D eigenvalue weighted by molar-refractivity contribution is 6.08. The molecular formula is C50H34N6. The molecule has 1 aliphatic carbocycles. The number of aromatic nitrogens is 5. The van der Waals surface area contributed by atoms with Crippen LogP contribution < -0.4 is 4.90 Å². The topological polar surface area (TPSA) is 59.7 Å². The number of fused-ring (bicyclic) bond motifs is 6. The second kappa shape index (κ2) is 13.1. The molecule has 4 aromatic carbocycles. The quantitative estimate of drug-likeness (QED) is 0.171. The van der Waals surface area contributed by atoms with Crippen molar-refractivity contribution in [1.82, 2.24) is 24.5 Å². The van der Waals surface area contributed by atoms with E-state index in [0.717, 1.165) is 78.1 Å². The van der Waals surface area contributed by atoms with E-state index >= 15 is 0 Å². The summed E-state index contributed by atoms with van der Waals surface area (Å²) in [5.41, 5.74) is 16.8. The van der Waals surface area contributed by atoms with Crippen molar-refractivity contribution in [2.24, 2.45) is 0 Å². The fourth-order valence-corrected chi connectivity index (χ4v) is 8.59. The summed E-state index contributed by atoms with van der Waals surface area (Å²) in [6, 6.07) is 49.7. The fourth-order valence-electron chi connectivity index (χ4n) is 8.59. The van der Waals surface area contributed by atoms with Crippen LogP contribution in [-0.4, -0.2) is 30.5 Å². The molecule has 0 N–H and O–H groups in total. The summed E-state index contributed by atoms with van der Waals surface area (Å²) in [5, 5.41) is 1.12. The summed E-state index contributed by atoms with van der Waals surface area (Å²) in [6.07, 6.45) is 18.3. The van der Waals surface area contributed by atoms with E-state index in [-0.39, 0.29) is 12.0 Å². The van der Waals surface area contributed by atoms with Gasteiger partial charge in [-0.2, -0.15) is 0 Å². The summed E-state index contributed by atoms with van der Waals surface area (Å²) < 4.78 is 2.35. The van der Waals surface area contributed by atoms with Crippen LogP contribution in [0.3, 0.4) is 0 Å². The predicted octanol–water partition coefficient (Wildman–Crippen LogP) is 11.6. The second-order valence-corrected chi connectivity index (χ2v) is 14.4. The molecule has 0 radical (unpaired) electrons. The lowest BCUT2D eigenvalue weighted by Crippen LogP contribution is -2.29. The Morgan fingerprint density at radius 1 is 0.482 bits per heavy atom. The van der Waals surface area contributed by atoms with Crippen molar-refractivity contribution in [3.05, 3.63) is 206 Å². The third-order valence-corrected chi connectivity index (χ3v) is 11.2. The van der Waals surface area contributed by atoms with Gasteiger partial charge in [-0.05, 0) is 112 Å². The molecule has 0 saturated carbocycles. The Kier molecular flexibility index (Phi) is 7.52. The molecule has 0 spiro atoms. The van der Waals surface area contributed by atoms with Gasteiger partial charge in [0.05, 0.1) is 34.0 Å². The van der Waals surface area contributed by atoms with E-state index in [1.165, 1.54) is 11.1 Å². The van der Waals surface area contributed by atoms with Crippen molar-refractivity contribution in [2.75, 3.05) is 4.90 Å². The molecule has 0 amide bonds. The monoisotopic (exact) mass is 718 g/mol. The molecular weight excluding hydrogens is 685 g/mol. The van der Waals surface area contributed by atoms with Crippen LogP contribution in [0.5, 0.6) is 0 Å². The first-order valence-electron chi connectivity index (χ1n) is 18.9. The zero-order valence-corrected chi connectivity index (χ0v) is 30.3. The van der Waals surface area contributed by atoms with Crippen LogP contribution in [0.4, 0.5) is 11.4 Å². The molecule has 6 heterocycles. The fraction of sp³-hybridized carbons (Fsp3) is 0.0400. The standard InChI is InChI=1S/C50H34N6/c1-8-33(26-35(10-1)39-12-4-22-51-31-39)37-18-20-45-43(28-37)49-47(16-6-24-53-49)55(45)41-14-3-15-42(30-41)56-46-21-19-38(29-44(46)50-48(56)17-7-25-54-50)34-9-2-11-36(27-34)40-13-5-23-52-32-40/h1-32,43,45H. The lowest BCUT2D eigenvalue weighted by Gasteiger charge is -2.30. The number of rotatable bonds is 6. The van der Waals surface area contributed by atoms with E-state index in [9.17, 15) is 0 Å². The second-order valence-electron chi connectivity index (χ2n) is 14.4. The van der Waals surface area contributed by atoms with Gasteiger partial charge >= 0.3 is 0 Å².